The molecule has 2 heterocycles. The number of hydrogen-bond acceptors (Lipinski definition) is 8. The third-order valence-corrected chi connectivity index (χ3v) is 2.99. The van der Waals surface area contributed by atoms with Crippen molar-refractivity contribution < 1.29 is 14.5 Å². The molecular weight excluding hydrogens is 290 g/mol. The van der Waals surface area contributed by atoms with Crippen LogP contribution in [0.25, 0.3) is 0 Å². The van der Waals surface area contributed by atoms with E-state index in [-0.39, 0.29) is 11.5 Å². The zero-order valence-corrected chi connectivity index (χ0v) is 11.5. The normalized spacial score (nSPS) is 10.6. The maximum Gasteiger partial charge on any atom is 0.362 e. The minimum Gasteiger partial charge on any atom is -0.476 e. The lowest BCUT2D eigenvalue weighted by Crippen LogP contribution is -2.30. The first-order chi connectivity index (χ1) is 10.7. The topological polar surface area (TPSA) is 123 Å². The van der Waals surface area contributed by atoms with Gasteiger partial charge >= 0.3 is 5.97 Å². The van der Waals surface area contributed by atoms with E-state index in [0.29, 0.717) is 12.2 Å². The van der Waals surface area contributed by atoms with Gasteiger partial charge in [-0.05, 0) is 26.3 Å². The molecule has 2 aromatic heterocycles. The van der Waals surface area contributed by atoms with Crippen LogP contribution < -0.4 is 5.01 Å². The molecule has 0 saturated carbocycles. The van der Waals surface area contributed by atoms with Gasteiger partial charge in [-0.2, -0.15) is 0 Å². The van der Waals surface area contributed by atoms with Crippen LogP contribution in [0.5, 0.6) is 0 Å². The van der Waals surface area contributed by atoms with Crippen molar-refractivity contribution in [2.45, 2.75) is 6.42 Å². The Hall–Kier alpha value is -3.30. The fourth-order valence-corrected chi connectivity index (χ4v) is 1.94. The highest BCUT2D eigenvalue weighted by Crippen LogP contribution is 2.16. The number of tetrazole rings is 1. The van der Waals surface area contributed by atoms with Gasteiger partial charge in [0.25, 0.3) is 0 Å². The van der Waals surface area contributed by atoms with Crippen molar-refractivity contribution in [2.24, 2.45) is 0 Å². The van der Waals surface area contributed by atoms with E-state index < -0.39 is 5.97 Å². The molecule has 10 nitrogen and oxygen atoms in total. The quantitative estimate of drug-likeness (QED) is 0.705. The van der Waals surface area contributed by atoms with E-state index in [4.69, 9.17) is 5.11 Å². The van der Waals surface area contributed by atoms with Gasteiger partial charge in [-0.3, -0.25) is 0 Å². The molecule has 0 fully saturated rings. The average Bonchev–Trinajstić information content (AvgIpc) is 3.16. The monoisotopic (exact) mass is 301 g/mol. The highest BCUT2D eigenvalue weighted by Gasteiger charge is 2.24. The third-order valence-electron chi connectivity index (χ3n) is 2.99. The largest absolute Gasteiger partial charge is 0.476 e. The molecule has 0 radical (unpaired) electrons. The molecule has 0 bridgehead atoms. The van der Waals surface area contributed by atoms with Gasteiger partial charge in [0.15, 0.2) is 5.82 Å². The van der Waals surface area contributed by atoms with Gasteiger partial charge in [-0.1, -0.05) is 30.3 Å². The number of anilines is 1. The molecule has 3 rings (SSSR count). The summed E-state index contributed by atoms with van der Waals surface area (Å²) in [5, 5.41) is 28.8. The van der Waals surface area contributed by atoms with Crippen LogP contribution in [-0.2, 0) is 6.42 Å². The first-order valence-corrected chi connectivity index (χ1v) is 6.28. The Kier molecular flexibility index (Phi) is 3.48. The molecule has 0 aliphatic carbocycles. The smallest absolute Gasteiger partial charge is 0.362 e. The van der Waals surface area contributed by atoms with Crippen molar-refractivity contribution in [3.05, 3.63) is 47.4 Å². The maximum atomic E-state index is 11.1. The Morgan fingerprint density at radius 1 is 1.32 bits per heavy atom. The van der Waals surface area contributed by atoms with Crippen LogP contribution >= 0.6 is 0 Å². The number of carbonyl (C=O) groups is 1. The number of aromatic carboxylic acids is 1. The second-order valence-electron chi connectivity index (χ2n) is 4.41. The van der Waals surface area contributed by atoms with E-state index in [9.17, 15) is 4.79 Å². The van der Waals surface area contributed by atoms with Gasteiger partial charge in [0.1, 0.15) is 0 Å². The van der Waals surface area contributed by atoms with Gasteiger partial charge in [0, 0.05) is 13.5 Å². The zero-order chi connectivity index (χ0) is 15.5. The summed E-state index contributed by atoms with van der Waals surface area (Å²) in [6, 6.07) is 9.63. The van der Waals surface area contributed by atoms with Crippen molar-refractivity contribution >= 4 is 11.8 Å². The minimum atomic E-state index is -1.25. The number of carboxylic acid groups (broad SMARTS) is 1. The van der Waals surface area contributed by atoms with Gasteiger partial charge in [0.2, 0.25) is 11.5 Å². The molecule has 22 heavy (non-hydrogen) atoms. The Balaban J connectivity index is 1.91. The summed E-state index contributed by atoms with van der Waals surface area (Å²) < 4.78 is 4.48. The lowest BCUT2D eigenvalue weighted by Gasteiger charge is -2.16. The average molecular weight is 301 g/mol. The Labute approximate surface area is 123 Å². The first kappa shape index (κ1) is 13.7. The van der Waals surface area contributed by atoms with Crippen molar-refractivity contribution in [3.63, 3.8) is 0 Å². The Morgan fingerprint density at radius 3 is 2.82 bits per heavy atom. The molecule has 10 heteroatoms. The van der Waals surface area contributed by atoms with Crippen molar-refractivity contribution in [3.8, 4) is 0 Å². The lowest BCUT2D eigenvalue weighted by molar-refractivity contribution is 0.0685. The summed E-state index contributed by atoms with van der Waals surface area (Å²) in [5.74, 6) is -0.720. The number of nitrogens with zero attached hydrogens (tertiary/aromatic N) is 7. The number of carboxylic acids is 1. The molecule has 0 unspecified atom stereocenters. The minimum absolute atomic E-state index is 0.00844. The molecule has 1 N–H and O–H groups in total. The van der Waals surface area contributed by atoms with Gasteiger partial charge in [0.05, 0.1) is 0 Å². The summed E-state index contributed by atoms with van der Waals surface area (Å²) in [4.78, 5) is 12.4. The van der Waals surface area contributed by atoms with E-state index in [0.717, 1.165) is 5.56 Å². The predicted molar refractivity (Wildman–Crippen MR) is 72.1 cm³/mol. The Morgan fingerprint density at radius 2 is 2.09 bits per heavy atom. The highest BCUT2D eigenvalue weighted by molar-refractivity contribution is 5.90. The standard InChI is InChI=1S/C12H11N7O3/c1-18(11-10(12(20)21)14-22-15-11)19-9(13-16-17-19)7-8-5-3-2-4-6-8/h2-6H,7H2,1H3,(H,20,21). The molecular formula is C12H11N7O3. The molecule has 0 spiro atoms. The summed E-state index contributed by atoms with van der Waals surface area (Å²) >= 11 is 0. The molecule has 0 atom stereocenters. The molecule has 0 aliphatic heterocycles. The van der Waals surface area contributed by atoms with E-state index >= 15 is 0 Å². The van der Waals surface area contributed by atoms with Crippen LogP contribution in [0.1, 0.15) is 21.9 Å². The van der Waals surface area contributed by atoms with Crippen LogP contribution in [-0.4, -0.2) is 48.8 Å². The molecule has 0 saturated heterocycles. The predicted octanol–water partition coefficient (Wildman–Crippen LogP) is 0.245. The fourth-order valence-electron chi connectivity index (χ4n) is 1.94. The highest BCUT2D eigenvalue weighted by atomic mass is 16.6. The molecule has 0 aliphatic rings. The fraction of sp³-hybridized carbons (Fsp3) is 0.167. The first-order valence-electron chi connectivity index (χ1n) is 6.28. The molecule has 1 aromatic carbocycles. The second-order valence-corrected chi connectivity index (χ2v) is 4.41. The van der Waals surface area contributed by atoms with E-state index in [1.807, 2.05) is 30.3 Å². The third kappa shape index (κ3) is 2.49. The van der Waals surface area contributed by atoms with Crippen molar-refractivity contribution in [1.29, 1.82) is 0 Å². The van der Waals surface area contributed by atoms with E-state index in [1.54, 1.807) is 7.05 Å². The van der Waals surface area contributed by atoms with Crippen molar-refractivity contribution in [2.75, 3.05) is 12.1 Å². The van der Waals surface area contributed by atoms with E-state index in [1.165, 1.54) is 9.80 Å². The second kappa shape index (κ2) is 5.60. The van der Waals surface area contributed by atoms with Crippen LogP contribution in [0.3, 0.4) is 0 Å². The maximum absolute atomic E-state index is 11.1. The van der Waals surface area contributed by atoms with E-state index in [2.05, 4.69) is 30.5 Å². The molecule has 0 amide bonds. The molecule has 3 aromatic rings. The number of benzene rings is 1. The SMILES string of the molecule is CN(c1nonc1C(=O)O)n1nnnc1Cc1ccccc1. The zero-order valence-electron chi connectivity index (χ0n) is 11.5. The van der Waals surface area contributed by atoms with Crippen LogP contribution in [0.4, 0.5) is 5.82 Å². The van der Waals surface area contributed by atoms with Crippen LogP contribution in [0.15, 0.2) is 35.0 Å². The lowest BCUT2D eigenvalue weighted by atomic mass is 10.1. The summed E-state index contributed by atoms with van der Waals surface area (Å²) in [6.07, 6.45) is 0.478. The molecule has 112 valence electrons. The van der Waals surface area contributed by atoms with Crippen LogP contribution in [0.2, 0.25) is 0 Å². The van der Waals surface area contributed by atoms with Gasteiger partial charge < -0.3 is 5.11 Å². The number of hydrogen-bond donors (Lipinski definition) is 1. The number of rotatable bonds is 5. The summed E-state index contributed by atoms with van der Waals surface area (Å²) in [6.45, 7) is 0. The Bertz CT molecular complexity index is 783. The van der Waals surface area contributed by atoms with Crippen LogP contribution in [0, 0.1) is 0 Å². The van der Waals surface area contributed by atoms with Gasteiger partial charge in [-0.15, -0.1) is 9.89 Å². The number of aromatic nitrogens is 6. The van der Waals surface area contributed by atoms with Gasteiger partial charge in [-0.25, -0.2) is 14.4 Å². The van der Waals surface area contributed by atoms with Crippen molar-refractivity contribution in [1.82, 2.24) is 30.6 Å². The summed E-state index contributed by atoms with van der Waals surface area (Å²) in [7, 11) is 1.57. The summed E-state index contributed by atoms with van der Waals surface area (Å²) in [5.41, 5.74) is 0.701.